The number of nitrogens with zero attached hydrogens (tertiary/aromatic N) is 2. The molecule has 3 rings (SSSR count). The van der Waals surface area contributed by atoms with Crippen LogP contribution >= 0.6 is 11.6 Å². The number of methoxy groups -OCH3 is 1. The topological polar surface area (TPSA) is 76.1 Å². The van der Waals surface area contributed by atoms with Crippen LogP contribution in [-0.2, 0) is 4.79 Å². The van der Waals surface area contributed by atoms with E-state index < -0.39 is 0 Å². The maximum Gasteiger partial charge on any atom is 0.258 e. The van der Waals surface area contributed by atoms with Gasteiger partial charge < -0.3 is 4.74 Å². The first-order valence-corrected chi connectivity index (χ1v) is 7.23. The van der Waals surface area contributed by atoms with Gasteiger partial charge in [-0.1, -0.05) is 29.8 Å². The van der Waals surface area contributed by atoms with E-state index in [9.17, 15) is 4.79 Å². The predicted octanol–water partition coefficient (Wildman–Crippen LogP) is 2.39. The van der Waals surface area contributed by atoms with Gasteiger partial charge in [-0.2, -0.15) is 0 Å². The van der Waals surface area contributed by atoms with E-state index in [2.05, 4.69) is 20.8 Å². The molecule has 1 aliphatic rings. The lowest BCUT2D eigenvalue weighted by molar-refractivity contribution is -0.121. The molecule has 0 spiro atoms. The zero-order valence-electron chi connectivity index (χ0n) is 11.9. The summed E-state index contributed by atoms with van der Waals surface area (Å²) in [5.41, 5.74) is 6.40. The van der Waals surface area contributed by atoms with Crippen molar-refractivity contribution in [3.05, 3.63) is 47.2 Å². The number of anilines is 1. The number of benzene rings is 1. The molecule has 1 aromatic carbocycles. The molecule has 22 heavy (non-hydrogen) atoms. The van der Waals surface area contributed by atoms with Gasteiger partial charge in [0.2, 0.25) is 11.7 Å². The lowest BCUT2D eigenvalue weighted by Gasteiger charge is -2.10. The van der Waals surface area contributed by atoms with Gasteiger partial charge in [-0.3, -0.25) is 15.6 Å². The number of ether oxygens (including phenoxy) is 1. The standard InChI is InChI=1S/C15H15ClN4O2/c1-22-15-13(17-6-7-18-15)19-20-14(21)11-8-10(11)9-4-2-3-5-12(9)16/h2-7,10-11H,8H2,1H3,(H,17,19)(H,20,21)/t10-,11-/m1/s1. The van der Waals surface area contributed by atoms with Crippen LogP contribution < -0.4 is 15.6 Å². The van der Waals surface area contributed by atoms with E-state index in [0.29, 0.717) is 16.7 Å². The molecule has 0 saturated heterocycles. The van der Waals surface area contributed by atoms with Crippen LogP contribution in [0.25, 0.3) is 0 Å². The van der Waals surface area contributed by atoms with Gasteiger partial charge in [-0.25, -0.2) is 9.97 Å². The zero-order chi connectivity index (χ0) is 15.5. The average molecular weight is 319 g/mol. The first-order valence-electron chi connectivity index (χ1n) is 6.86. The number of carbonyl (C=O) groups excluding carboxylic acids is 1. The Hall–Kier alpha value is -2.34. The average Bonchev–Trinajstić information content (AvgIpc) is 3.34. The summed E-state index contributed by atoms with van der Waals surface area (Å²) in [7, 11) is 1.49. The summed E-state index contributed by atoms with van der Waals surface area (Å²) in [5.74, 6) is 0.668. The molecule has 1 aromatic heterocycles. The smallest absolute Gasteiger partial charge is 0.258 e. The predicted molar refractivity (Wildman–Crippen MR) is 82.6 cm³/mol. The van der Waals surface area contributed by atoms with Crippen molar-refractivity contribution in [3.63, 3.8) is 0 Å². The van der Waals surface area contributed by atoms with Crippen molar-refractivity contribution < 1.29 is 9.53 Å². The molecular formula is C15H15ClN4O2. The highest BCUT2D eigenvalue weighted by atomic mass is 35.5. The zero-order valence-corrected chi connectivity index (χ0v) is 12.7. The molecule has 2 N–H and O–H groups in total. The molecule has 1 heterocycles. The van der Waals surface area contributed by atoms with E-state index in [1.807, 2.05) is 24.3 Å². The molecule has 1 amide bonds. The Balaban J connectivity index is 1.59. The molecule has 1 fully saturated rings. The Kier molecular flexibility index (Phi) is 4.11. The van der Waals surface area contributed by atoms with Crippen molar-refractivity contribution in [3.8, 4) is 5.88 Å². The van der Waals surface area contributed by atoms with E-state index in [1.54, 1.807) is 0 Å². The fourth-order valence-electron chi connectivity index (χ4n) is 2.38. The van der Waals surface area contributed by atoms with E-state index in [-0.39, 0.29) is 17.7 Å². The molecule has 6 nitrogen and oxygen atoms in total. The summed E-state index contributed by atoms with van der Waals surface area (Å²) in [6.07, 6.45) is 3.82. The molecule has 0 unspecified atom stereocenters. The van der Waals surface area contributed by atoms with Crippen molar-refractivity contribution >= 4 is 23.3 Å². The van der Waals surface area contributed by atoms with Crippen LogP contribution in [0.5, 0.6) is 5.88 Å². The van der Waals surface area contributed by atoms with Gasteiger partial charge in [-0.15, -0.1) is 0 Å². The van der Waals surface area contributed by atoms with E-state index in [4.69, 9.17) is 16.3 Å². The molecule has 7 heteroatoms. The number of aromatic nitrogens is 2. The highest BCUT2D eigenvalue weighted by Crippen LogP contribution is 2.49. The van der Waals surface area contributed by atoms with Crippen LogP contribution in [0, 0.1) is 5.92 Å². The molecule has 2 atom stereocenters. The van der Waals surface area contributed by atoms with Crippen LogP contribution in [0.4, 0.5) is 5.82 Å². The third-order valence-corrected chi connectivity index (χ3v) is 3.94. The number of amides is 1. The molecule has 1 saturated carbocycles. The minimum absolute atomic E-state index is 0.0879. The third-order valence-electron chi connectivity index (χ3n) is 3.59. The number of carbonyl (C=O) groups is 1. The SMILES string of the molecule is COc1nccnc1NNC(=O)[C@@H]1C[C@@H]1c1ccccc1Cl. The molecule has 0 aliphatic heterocycles. The summed E-state index contributed by atoms with van der Waals surface area (Å²) < 4.78 is 5.06. The van der Waals surface area contributed by atoms with Crippen LogP contribution in [0.15, 0.2) is 36.7 Å². The van der Waals surface area contributed by atoms with E-state index >= 15 is 0 Å². The van der Waals surface area contributed by atoms with Gasteiger partial charge in [0.25, 0.3) is 5.88 Å². The molecule has 0 radical (unpaired) electrons. The number of hydrogen-bond acceptors (Lipinski definition) is 5. The summed E-state index contributed by atoms with van der Waals surface area (Å²) in [6.45, 7) is 0. The monoisotopic (exact) mass is 318 g/mol. The number of rotatable bonds is 5. The Bertz CT molecular complexity index is 695. The van der Waals surface area contributed by atoms with Crippen molar-refractivity contribution in [1.82, 2.24) is 15.4 Å². The second kappa shape index (κ2) is 6.19. The second-order valence-corrected chi connectivity index (χ2v) is 5.41. The molecule has 1 aliphatic carbocycles. The Labute approximate surface area is 132 Å². The second-order valence-electron chi connectivity index (χ2n) is 5.00. The van der Waals surface area contributed by atoms with Crippen LogP contribution in [0.2, 0.25) is 5.02 Å². The molecule has 114 valence electrons. The highest BCUT2D eigenvalue weighted by molar-refractivity contribution is 6.31. The Morgan fingerprint density at radius 1 is 1.32 bits per heavy atom. The van der Waals surface area contributed by atoms with E-state index in [1.165, 1.54) is 19.5 Å². The summed E-state index contributed by atoms with van der Waals surface area (Å²) in [4.78, 5) is 20.2. The van der Waals surface area contributed by atoms with Crippen molar-refractivity contribution in [2.75, 3.05) is 12.5 Å². The van der Waals surface area contributed by atoms with Gasteiger partial charge in [0.1, 0.15) is 0 Å². The first-order chi connectivity index (χ1) is 10.7. The van der Waals surface area contributed by atoms with Gasteiger partial charge in [0.05, 0.1) is 7.11 Å². The fourth-order valence-corrected chi connectivity index (χ4v) is 2.65. The van der Waals surface area contributed by atoms with Gasteiger partial charge in [0.15, 0.2) is 0 Å². The third kappa shape index (κ3) is 2.96. The van der Waals surface area contributed by atoms with Crippen LogP contribution in [0.1, 0.15) is 17.9 Å². The number of hydrogen-bond donors (Lipinski definition) is 2. The number of halogens is 1. The summed E-state index contributed by atoms with van der Waals surface area (Å²) in [6, 6.07) is 7.61. The Morgan fingerprint density at radius 3 is 2.86 bits per heavy atom. The van der Waals surface area contributed by atoms with Crippen molar-refractivity contribution in [1.29, 1.82) is 0 Å². The largest absolute Gasteiger partial charge is 0.478 e. The first kappa shape index (κ1) is 14.6. The summed E-state index contributed by atoms with van der Waals surface area (Å²) >= 11 is 6.16. The minimum atomic E-state index is -0.0994. The lowest BCUT2D eigenvalue weighted by atomic mass is 10.1. The lowest BCUT2D eigenvalue weighted by Crippen LogP contribution is -2.31. The van der Waals surface area contributed by atoms with Gasteiger partial charge in [-0.05, 0) is 24.0 Å². The van der Waals surface area contributed by atoms with Crippen molar-refractivity contribution in [2.24, 2.45) is 5.92 Å². The molecule has 2 aromatic rings. The number of hydrazine groups is 1. The quantitative estimate of drug-likeness (QED) is 0.828. The Morgan fingerprint density at radius 2 is 2.09 bits per heavy atom. The van der Waals surface area contributed by atoms with Crippen LogP contribution in [-0.4, -0.2) is 23.0 Å². The minimum Gasteiger partial charge on any atom is -0.478 e. The van der Waals surface area contributed by atoms with Gasteiger partial charge >= 0.3 is 0 Å². The summed E-state index contributed by atoms with van der Waals surface area (Å²) in [5, 5.41) is 0.700. The van der Waals surface area contributed by atoms with Crippen LogP contribution in [0.3, 0.4) is 0 Å². The molecular weight excluding hydrogens is 304 g/mol. The van der Waals surface area contributed by atoms with Crippen molar-refractivity contribution in [2.45, 2.75) is 12.3 Å². The fraction of sp³-hybridized carbons (Fsp3) is 0.267. The number of nitrogens with one attached hydrogen (secondary N) is 2. The van der Waals surface area contributed by atoms with E-state index in [0.717, 1.165) is 12.0 Å². The van der Waals surface area contributed by atoms with Gasteiger partial charge in [0, 0.05) is 23.3 Å². The highest BCUT2D eigenvalue weighted by Gasteiger charge is 2.44. The maximum atomic E-state index is 12.2. The maximum absolute atomic E-state index is 12.2. The normalized spacial score (nSPS) is 19.4. The molecule has 0 bridgehead atoms.